The minimum absolute atomic E-state index is 0.374. The molecule has 1 heterocycles. The standard InChI is InChI=1S/C8H11F2N3/c1-5-3-4-7(13-12-5)11-6(2)8(9)10/h3-4,6,8H,1-2H3,(H,11,13). The van der Waals surface area contributed by atoms with Crippen molar-refractivity contribution in [3.63, 3.8) is 0 Å². The fraction of sp³-hybridized carbons (Fsp3) is 0.500. The van der Waals surface area contributed by atoms with Crippen LogP contribution in [0.15, 0.2) is 12.1 Å². The van der Waals surface area contributed by atoms with Gasteiger partial charge in [0.15, 0.2) is 0 Å². The molecule has 0 amide bonds. The maximum absolute atomic E-state index is 12.1. The smallest absolute Gasteiger partial charge is 0.258 e. The lowest BCUT2D eigenvalue weighted by molar-refractivity contribution is 0.130. The topological polar surface area (TPSA) is 37.8 Å². The van der Waals surface area contributed by atoms with Gasteiger partial charge in [0, 0.05) is 0 Å². The summed E-state index contributed by atoms with van der Waals surface area (Å²) in [6, 6.07) is 2.44. The minimum atomic E-state index is -2.40. The first-order valence-electron chi connectivity index (χ1n) is 3.94. The molecular weight excluding hydrogens is 176 g/mol. The zero-order valence-electron chi connectivity index (χ0n) is 7.46. The Kier molecular flexibility index (Phi) is 3.11. The lowest BCUT2D eigenvalue weighted by Gasteiger charge is -2.12. The molecule has 13 heavy (non-hydrogen) atoms. The maximum atomic E-state index is 12.1. The molecule has 72 valence electrons. The van der Waals surface area contributed by atoms with Crippen molar-refractivity contribution < 1.29 is 8.78 Å². The van der Waals surface area contributed by atoms with E-state index in [1.165, 1.54) is 6.92 Å². The average Bonchev–Trinajstić information content (AvgIpc) is 2.08. The van der Waals surface area contributed by atoms with Crippen molar-refractivity contribution in [2.24, 2.45) is 0 Å². The largest absolute Gasteiger partial charge is 0.360 e. The van der Waals surface area contributed by atoms with Crippen molar-refractivity contribution in [3.05, 3.63) is 17.8 Å². The number of anilines is 1. The van der Waals surface area contributed by atoms with Gasteiger partial charge in [-0.05, 0) is 26.0 Å². The molecule has 1 aromatic heterocycles. The first-order valence-corrected chi connectivity index (χ1v) is 3.94. The number of aromatic nitrogens is 2. The summed E-state index contributed by atoms with van der Waals surface area (Å²) in [4.78, 5) is 0. The van der Waals surface area contributed by atoms with Crippen LogP contribution >= 0.6 is 0 Å². The molecule has 0 aliphatic carbocycles. The van der Waals surface area contributed by atoms with E-state index in [0.717, 1.165) is 5.69 Å². The monoisotopic (exact) mass is 187 g/mol. The van der Waals surface area contributed by atoms with Gasteiger partial charge in [0.2, 0.25) is 0 Å². The second-order valence-electron chi connectivity index (χ2n) is 2.83. The van der Waals surface area contributed by atoms with E-state index in [0.29, 0.717) is 5.82 Å². The molecule has 0 aromatic carbocycles. The van der Waals surface area contributed by atoms with E-state index in [2.05, 4.69) is 15.5 Å². The van der Waals surface area contributed by atoms with E-state index in [4.69, 9.17) is 0 Å². The van der Waals surface area contributed by atoms with Crippen LogP contribution in [0.4, 0.5) is 14.6 Å². The Morgan fingerprint density at radius 3 is 2.46 bits per heavy atom. The van der Waals surface area contributed by atoms with Crippen LogP contribution in [-0.2, 0) is 0 Å². The first-order chi connectivity index (χ1) is 6.09. The third kappa shape index (κ3) is 2.93. The molecular formula is C8H11F2N3. The third-order valence-electron chi connectivity index (χ3n) is 1.55. The van der Waals surface area contributed by atoms with Gasteiger partial charge in [0.1, 0.15) is 5.82 Å². The zero-order valence-corrected chi connectivity index (χ0v) is 7.46. The first kappa shape index (κ1) is 9.83. The van der Waals surface area contributed by atoms with Gasteiger partial charge in [-0.25, -0.2) is 8.78 Å². The van der Waals surface area contributed by atoms with Crippen LogP contribution in [0.25, 0.3) is 0 Å². The second-order valence-corrected chi connectivity index (χ2v) is 2.83. The van der Waals surface area contributed by atoms with Crippen molar-refractivity contribution in [2.75, 3.05) is 5.32 Å². The number of halogens is 2. The molecule has 0 fully saturated rings. The van der Waals surface area contributed by atoms with Crippen LogP contribution in [0.1, 0.15) is 12.6 Å². The van der Waals surface area contributed by atoms with Gasteiger partial charge >= 0.3 is 0 Å². The van der Waals surface area contributed by atoms with E-state index >= 15 is 0 Å². The van der Waals surface area contributed by atoms with Crippen molar-refractivity contribution >= 4 is 5.82 Å². The van der Waals surface area contributed by atoms with Gasteiger partial charge < -0.3 is 5.32 Å². The van der Waals surface area contributed by atoms with E-state index < -0.39 is 12.5 Å². The van der Waals surface area contributed by atoms with Gasteiger partial charge in [-0.3, -0.25) is 0 Å². The summed E-state index contributed by atoms with van der Waals surface area (Å²) in [5.74, 6) is 0.374. The Morgan fingerprint density at radius 2 is 2.00 bits per heavy atom. The number of aryl methyl sites for hydroxylation is 1. The summed E-state index contributed by atoms with van der Waals surface area (Å²) >= 11 is 0. The van der Waals surface area contributed by atoms with Crippen LogP contribution in [0.2, 0.25) is 0 Å². The van der Waals surface area contributed by atoms with Crippen molar-refractivity contribution in [3.8, 4) is 0 Å². The summed E-state index contributed by atoms with van der Waals surface area (Å²) in [7, 11) is 0. The van der Waals surface area contributed by atoms with E-state index in [9.17, 15) is 8.78 Å². The Labute approximate surface area is 75.2 Å². The van der Waals surface area contributed by atoms with Gasteiger partial charge in [0.05, 0.1) is 11.7 Å². The van der Waals surface area contributed by atoms with E-state index in [-0.39, 0.29) is 0 Å². The Hall–Kier alpha value is -1.26. The predicted octanol–water partition coefficient (Wildman–Crippen LogP) is 1.85. The Morgan fingerprint density at radius 1 is 1.31 bits per heavy atom. The van der Waals surface area contributed by atoms with Crippen LogP contribution in [-0.4, -0.2) is 22.7 Å². The molecule has 1 atom stereocenters. The number of rotatable bonds is 3. The van der Waals surface area contributed by atoms with E-state index in [1.54, 1.807) is 19.1 Å². The molecule has 0 saturated carbocycles. The summed E-state index contributed by atoms with van der Waals surface area (Å²) in [5, 5.41) is 9.99. The quantitative estimate of drug-likeness (QED) is 0.784. The third-order valence-corrected chi connectivity index (χ3v) is 1.55. The number of nitrogens with one attached hydrogen (secondary N) is 1. The predicted molar refractivity (Wildman–Crippen MR) is 45.9 cm³/mol. The average molecular weight is 187 g/mol. The molecule has 1 rings (SSSR count). The Bertz CT molecular complexity index is 261. The van der Waals surface area contributed by atoms with Crippen LogP contribution < -0.4 is 5.32 Å². The van der Waals surface area contributed by atoms with Crippen LogP contribution in [0, 0.1) is 6.92 Å². The highest BCUT2D eigenvalue weighted by Gasteiger charge is 2.14. The number of alkyl halides is 2. The summed E-state index contributed by atoms with van der Waals surface area (Å²) < 4.78 is 24.2. The van der Waals surface area contributed by atoms with Gasteiger partial charge in [-0.2, -0.15) is 5.10 Å². The second kappa shape index (κ2) is 4.11. The van der Waals surface area contributed by atoms with Gasteiger partial charge in [0.25, 0.3) is 6.43 Å². The van der Waals surface area contributed by atoms with Crippen molar-refractivity contribution in [1.82, 2.24) is 10.2 Å². The maximum Gasteiger partial charge on any atom is 0.258 e. The molecule has 1 N–H and O–H groups in total. The molecule has 3 nitrogen and oxygen atoms in total. The number of nitrogens with zero attached hydrogens (tertiary/aromatic N) is 2. The highest BCUT2D eigenvalue weighted by atomic mass is 19.3. The fourth-order valence-corrected chi connectivity index (χ4v) is 0.772. The van der Waals surface area contributed by atoms with Crippen molar-refractivity contribution in [2.45, 2.75) is 26.3 Å². The highest BCUT2D eigenvalue weighted by molar-refractivity contribution is 5.33. The molecule has 0 saturated heterocycles. The van der Waals surface area contributed by atoms with Gasteiger partial charge in [-0.1, -0.05) is 0 Å². The lowest BCUT2D eigenvalue weighted by Crippen LogP contribution is -2.24. The van der Waals surface area contributed by atoms with E-state index in [1.807, 2.05) is 0 Å². The summed E-state index contributed by atoms with van der Waals surface area (Å²) in [6.07, 6.45) is -2.40. The molecule has 5 heteroatoms. The van der Waals surface area contributed by atoms with Crippen LogP contribution in [0.3, 0.4) is 0 Å². The molecule has 1 aromatic rings. The fourth-order valence-electron chi connectivity index (χ4n) is 0.772. The molecule has 0 aliphatic rings. The summed E-state index contributed by atoms with van der Waals surface area (Å²) in [6.45, 7) is 3.18. The summed E-state index contributed by atoms with van der Waals surface area (Å²) in [5.41, 5.74) is 0.759. The normalized spacial score (nSPS) is 13.0. The molecule has 0 bridgehead atoms. The number of hydrogen-bond acceptors (Lipinski definition) is 3. The van der Waals surface area contributed by atoms with Crippen LogP contribution in [0.5, 0.6) is 0 Å². The highest BCUT2D eigenvalue weighted by Crippen LogP contribution is 2.08. The van der Waals surface area contributed by atoms with Gasteiger partial charge in [-0.15, -0.1) is 5.10 Å². The lowest BCUT2D eigenvalue weighted by atomic mass is 10.3. The molecule has 1 unspecified atom stereocenters. The molecule has 0 aliphatic heterocycles. The molecule has 0 spiro atoms. The zero-order chi connectivity index (χ0) is 9.84. The SMILES string of the molecule is Cc1ccc(NC(C)C(F)F)nn1. The van der Waals surface area contributed by atoms with Crippen molar-refractivity contribution in [1.29, 1.82) is 0 Å². The minimum Gasteiger partial charge on any atom is -0.360 e. The number of hydrogen-bond donors (Lipinski definition) is 1. The molecule has 0 radical (unpaired) electrons. The Balaban J connectivity index is 2.59.